The van der Waals surface area contributed by atoms with Gasteiger partial charge < -0.3 is 5.32 Å². The first-order valence-corrected chi connectivity index (χ1v) is 7.56. The highest BCUT2D eigenvalue weighted by Crippen LogP contribution is 2.32. The van der Waals surface area contributed by atoms with Crippen LogP contribution in [0.1, 0.15) is 12.5 Å². The third-order valence-electron chi connectivity index (χ3n) is 2.81. The minimum absolute atomic E-state index is 0.0154. The van der Waals surface area contributed by atoms with E-state index in [-0.39, 0.29) is 22.5 Å². The lowest BCUT2D eigenvalue weighted by molar-refractivity contribution is -0.119. The van der Waals surface area contributed by atoms with Crippen LogP contribution in [0.25, 0.3) is 0 Å². The predicted molar refractivity (Wildman–Crippen MR) is 80.7 cm³/mol. The molecule has 1 heterocycles. The van der Waals surface area contributed by atoms with E-state index < -0.39 is 0 Å². The molecule has 0 aromatic heterocycles. The number of ketones is 1. The van der Waals surface area contributed by atoms with Crippen molar-refractivity contribution < 1.29 is 9.59 Å². The first-order valence-electron chi connectivity index (χ1n) is 5.88. The summed E-state index contributed by atoms with van der Waals surface area (Å²) in [5.74, 6) is -0.499. The van der Waals surface area contributed by atoms with Crippen LogP contribution in [-0.4, -0.2) is 16.9 Å². The fraction of sp³-hybridized carbons (Fsp3) is 0.214. The molecule has 1 aromatic rings. The molecule has 1 saturated heterocycles. The van der Waals surface area contributed by atoms with Crippen molar-refractivity contribution in [3.8, 4) is 6.07 Å². The van der Waals surface area contributed by atoms with E-state index in [1.807, 2.05) is 30.3 Å². The maximum absolute atomic E-state index is 11.9. The predicted octanol–water partition coefficient (Wildman–Crippen LogP) is 2.55. The van der Waals surface area contributed by atoms with Gasteiger partial charge in [-0.1, -0.05) is 39.8 Å². The molecule has 1 atom stereocenters. The molecule has 1 aromatic carbocycles. The molecule has 2 rings (SSSR count). The summed E-state index contributed by atoms with van der Waals surface area (Å²) in [6, 6.07) is 9.56. The fourth-order valence-electron chi connectivity index (χ4n) is 1.80. The number of hydrogen-bond donors (Lipinski definition) is 1. The number of nitrogens with one attached hydrogen (secondary N) is 1. The SMILES string of the molecule is CC(=O)C(C#N)=C1NC(=O)C(Cc2ccc(Br)cc2)S1. The number of allylic oxidation sites excluding steroid dienone is 1. The molecule has 0 bridgehead atoms. The Morgan fingerprint density at radius 1 is 1.45 bits per heavy atom. The maximum Gasteiger partial charge on any atom is 0.238 e. The number of rotatable bonds is 3. The zero-order chi connectivity index (χ0) is 14.7. The molecule has 4 nitrogen and oxygen atoms in total. The van der Waals surface area contributed by atoms with E-state index >= 15 is 0 Å². The average molecular weight is 351 g/mol. The van der Waals surface area contributed by atoms with Crippen molar-refractivity contribution >= 4 is 39.4 Å². The Balaban J connectivity index is 2.16. The molecule has 0 radical (unpaired) electrons. The molecule has 1 amide bonds. The van der Waals surface area contributed by atoms with Crippen molar-refractivity contribution in [1.29, 1.82) is 5.26 Å². The summed E-state index contributed by atoms with van der Waals surface area (Å²) in [7, 11) is 0. The smallest absolute Gasteiger partial charge is 0.238 e. The monoisotopic (exact) mass is 350 g/mol. The Morgan fingerprint density at radius 3 is 2.65 bits per heavy atom. The van der Waals surface area contributed by atoms with Crippen LogP contribution < -0.4 is 5.32 Å². The van der Waals surface area contributed by atoms with Crippen molar-refractivity contribution in [2.24, 2.45) is 0 Å². The van der Waals surface area contributed by atoms with Crippen LogP contribution in [0.15, 0.2) is 39.3 Å². The van der Waals surface area contributed by atoms with Gasteiger partial charge in [-0.2, -0.15) is 5.26 Å². The lowest BCUT2D eigenvalue weighted by Crippen LogP contribution is -2.24. The Bertz CT molecular complexity index is 632. The van der Waals surface area contributed by atoms with Crippen molar-refractivity contribution in [1.82, 2.24) is 5.32 Å². The van der Waals surface area contributed by atoms with Crippen LogP contribution in [0, 0.1) is 11.3 Å². The summed E-state index contributed by atoms with van der Waals surface area (Å²) in [5.41, 5.74) is 1.05. The summed E-state index contributed by atoms with van der Waals surface area (Å²) in [6.45, 7) is 1.32. The highest BCUT2D eigenvalue weighted by atomic mass is 79.9. The molecule has 20 heavy (non-hydrogen) atoms. The van der Waals surface area contributed by atoms with Crippen molar-refractivity contribution in [3.63, 3.8) is 0 Å². The van der Waals surface area contributed by atoms with Crippen LogP contribution in [0.3, 0.4) is 0 Å². The zero-order valence-electron chi connectivity index (χ0n) is 10.6. The number of nitrogens with zero attached hydrogens (tertiary/aromatic N) is 1. The van der Waals surface area contributed by atoms with Gasteiger partial charge in [-0.15, -0.1) is 0 Å². The van der Waals surface area contributed by atoms with Crippen LogP contribution in [-0.2, 0) is 16.0 Å². The van der Waals surface area contributed by atoms with Crippen LogP contribution in [0.4, 0.5) is 0 Å². The fourth-order valence-corrected chi connectivity index (χ4v) is 3.25. The Hall–Kier alpha value is -1.58. The van der Waals surface area contributed by atoms with Gasteiger partial charge in [0.2, 0.25) is 5.91 Å². The lowest BCUT2D eigenvalue weighted by atomic mass is 10.1. The number of thioether (sulfide) groups is 1. The number of benzene rings is 1. The first kappa shape index (κ1) is 14.8. The molecule has 1 aliphatic heterocycles. The second-order valence-electron chi connectivity index (χ2n) is 4.30. The summed E-state index contributed by atoms with van der Waals surface area (Å²) in [5, 5.41) is 11.6. The molecule has 0 aliphatic carbocycles. The average Bonchev–Trinajstić information content (AvgIpc) is 2.74. The number of nitriles is 1. The largest absolute Gasteiger partial charge is 0.318 e. The van der Waals surface area contributed by atoms with E-state index in [1.165, 1.54) is 18.7 Å². The molecule has 0 spiro atoms. The van der Waals surface area contributed by atoms with Gasteiger partial charge in [-0.05, 0) is 31.0 Å². The Labute approximate surface area is 129 Å². The van der Waals surface area contributed by atoms with Gasteiger partial charge in [-0.3, -0.25) is 9.59 Å². The second-order valence-corrected chi connectivity index (χ2v) is 6.43. The Kier molecular flexibility index (Phi) is 4.63. The van der Waals surface area contributed by atoms with Gasteiger partial charge in [0, 0.05) is 4.47 Å². The van der Waals surface area contributed by atoms with Gasteiger partial charge in [0.15, 0.2) is 5.78 Å². The second kappa shape index (κ2) is 6.25. The van der Waals surface area contributed by atoms with Crippen LogP contribution in [0.5, 0.6) is 0 Å². The summed E-state index contributed by atoms with van der Waals surface area (Å²) >= 11 is 4.60. The van der Waals surface area contributed by atoms with Crippen LogP contribution >= 0.6 is 27.7 Å². The van der Waals surface area contributed by atoms with Crippen molar-refractivity contribution in [3.05, 3.63) is 44.9 Å². The topological polar surface area (TPSA) is 70.0 Å². The number of Topliss-reactive ketones (excluding diaryl/α,β-unsaturated/α-hetero) is 1. The first-order chi connectivity index (χ1) is 9.51. The minimum Gasteiger partial charge on any atom is -0.318 e. The summed E-state index contributed by atoms with van der Waals surface area (Å²) in [6.07, 6.45) is 0.559. The van der Waals surface area contributed by atoms with E-state index in [9.17, 15) is 9.59 Å². The molecule has 1 fully saturated rings. The molecule has 102 valence electrons. The summed E-state index contributed by atoms with van der Waals surface area (Å²) < 4.78 is 0.980. The number of amides is 1. The highest BCUT2D eigenvalue weighted by Gasteiger charge is 2.31. The van der Waals surface area contributed by atoms with Crippen LogP contribution in [0.2, 0.25) is 0 Å². The molecule has 6 heteroatoms. The van der Waals surface area contributed by atoms with E-state index in [4.69, 9.17) is 5.26 Å². The van der Waals surface area contributed by atoms with Gasteiger partial charge >= 0.3 is 0 Å². The quantitative estimate of drug-likeness (QED) is 0.671. The molecule has 1 unspecified atom stereocenters. The molecule has 0 saturated carbocycles. The maximum atomic E-state index is 11.9. The van der Waals surface area contributed by atoms with E-state index in [0.717, 1.165) is 10.0 Å². The molecule has 1 aliphatic rings. The minimum atomic E-state index is -0.334. The van der Waals surface area contributed by atoms with Gasteiger partial charge in [0.1, 0.15) is 11.6 Å². The number of hydrogen-bond acceptors (Lipinski definition) is 4. The number of halogens is 1. The van der Waals surface area contributed by atoms with Crippen molar-refractivity contribution in [2.75, 3.05) is 0 Å². The standard InChI is InChI=1S/C14H11BrN2O2S/c1-8(18)11(7-16)14-17-13(19)12(20-14)6-9-2-4-10(15)5-3-9/h2-5,12H,6H2,1H3,(H,17,19). The zero-order valence-corrected chi connectivity index (χ0v) is 13.0. The third-order valence-corrected chi connectivity index (χ3v) is 4.55. The third kappa shape index (κ3) is 3.30. The molecule has 1 N–H and O–H groups in total. The molecular weight excluding hydrogens is 340 g/mol. The van der Waals surface area contributed by atoms with E-state index in [1.54, 1.807) is 0 Å². The normalized spacial score (nSPS) is 20.2. The number of carbonyl (C=O) groups excluding carboxylic acids is 2. The van der Waals surface area contributed by atoms with Gasteiger partial charge in [-0.25, -0.2) is 0 Å². The van der Waals surface area contributed by atoms with E-state index in [2.05, 4.69) is 21.2 Å². The summed E-state index contributed by atoms with van der Waals surface area (Å²) in [4.78, 5) is 23.2. The van der Waals surface area contributed by atoms with Crippen molar-refractivity contribution in [2.45, 2.75) is 18.6 Å². The van der Waals surface area contributed by atoms with E-state index in [0.29, 0.717) is 11.4 Å². The van der Waals surface area contributed by atoms with Gasteiger partial charge in [0.25, 0.3) is 0 Å². The number of carbonyl (C=O) groups is 2. The van der Waals surface area contributed by atoms with Gasteiger partial charge in [0.05, 0.1) is 10.3 Å². The highest BCUT2D eigenvalue weighted by molar-refractivity contribution is 9.10. The lowest BCUT2D eigenvalue weighted by Gasteiger charge is -2.05. The Morgan fingerprint density at radius 2 is 2.10 bits per heavy atom. The molecular formula is C14H11BrN2O2S.